The van der Waals surface area contributed by atoms with Crippen LogP contribution in [0.15, 0.2) is 35.9 Å². The Hall–Kier alpha value is -1.81. The van der Waals surface area contributed by atoms with E-state index in [0.29, 0.717) is 5.92 Å². The number of likely N-dealkylation sites (tertiary alicyclic amines) is 1. The van der Waals surface area contributed by atoms with Crippen molar-refractivity contribution >= 4 is 5.91 Å². The third kappa shape index (κ3) is 6.49. The molecule has 4 heteroatoms. The van der Waals surface area contributed by atoms with Crippen LogP contribution >= 0.6 is 0 Å². The summed E-state index contributed by atoms with van der Waals surface area (Å²) in [4.78, 5) is 16.9. The fraction of sp³-hybridized carbons (Fsp3) is 0.591. The van der Waals surface area contributed by atoms with Gasteiger partial charge in [0.15, 0.2) is 0 Å². The normalized spacial score (nSPS) is 17.6. The predicted molar refractivity (Wildman–Crippen MR) is 108 cm³/mol. The fourth-order valence-corrected chi connectivity index (χ4v) is 3.64. The first-order valence-corrected chi connectivity index (χ1v) is 9.81. The lowest BCUT2D eigenvalue weighted by atomic mass is 9.96. The molecule has 0 saturated carbocycles. The van der Waals surface area contributed by atoms with Gasteiger partial charge in [-0.3, -0.25) is 4.79 Å². The van der Waals surface area contributed by atoms with Gasteiger partial charge >= 0.3 is 0 Å². The Bertz CT molecular complexity index is 608. The van der Waals surface area contributed by atoms with Crippen LogP contribution in [0, 0.1) is 5.92 Å². The standard InChI is InChI=1S/C22H34N2O2/c1-5-24(22(25)14-18(2)3)17-20-9-7-12-23(16-20)13-11-19-8-6-10-21(15-19)26-4/h6,8,10,14-15,20H,5,7,9,11-13,16-17H2,1-4H3/t20-/m1/s1. The minimum Gasteiger partial charge on any atom is -0.497 e. The highest BCUT2D eigenvalue weighted by molar-refractivity contribution is 5.88. The molecule has 0 aromatic heterocycles. The number of likely N-dealkylation sites (N-methyl/N-ethyl adjacent to an activating group) is 1. The van der Waals surface area contributed by atoms with Crippen LogP contribution in [-0.2, 0) is 11.2 Å². The predicted octanol–water partition coefficient (Wildman–Crippen LogP) is 3.76. The Morgan fingerprint density at radius 1 is 1.38 bits per heavy atom. The van der Waals surface area contributed by atoms with E-state index in [1.807, 2.05) is 24.8 Å². The van der Waals surface area contributed by atoms with Gasteiger partial charge in [0.1, 0.15) is 5.75 Å². The Labute approximate surface area is 158 Å². The number of rotatable bonds is 8. The van der Waals surface area contributed by atoms with Crippen molar-refractivity contribution in [3.8, 4) is 5.75 Å². The second-order valence-electron chi connectivity index (χ2n) is 7.51. The Balaban J connectivity index is 1.85. The summed E-state index contributed by atoms with van der Waals surface area (Å²) < 4.78 is 5.31. The summed E-state index contributed by atoms with van der Waals surface area (Å²) >= 11 is 0. The zero-order chi connectivity index (χ0) is 18.9. The van der Waals surface area contributed by atoms with E-state index in [1.54, 1.807) is 13.2 Å². The van der Waals surface area contributed by atoms with E-state index in [9.17, 15) is 4.79 Å². The minimum absolute atomic E-state index is 0.154. The van der Waals surface area contributed by atoms with Crippen LogP contribution in [0.25, 0.3) is 0 Å². The van der Waals surface area contributed by atoms with Crippen LogP contribution in [0.2, 0.25) is 0 Å². The molecule has 26 heavy (non-hydrogen) atoms. The molecule has 1 aliphatic heterocycles. The second kappa shape index (κ2) is 10.4. The number of ether oxygens (including phenoxy) is 1. The van der Waals surface area contributed by atoms with Gasteiger partial charge < -0.3 is 14.5 Å². The highest BCUT2D eigenvalue weighted by Gasteiger charge is 2.23. The zero-order valence-corrected chi connectivity index (χ0v) is 16.8. The van der Waals surface area contributed by atoms with Crippen LogP contribution < -0.4 is 4.74 Å². The Morgan fingerprint density at radius 2 is 2.19 bits per heavy atom. The zero-order valence-electron chi connectivity index (χ0n) is 16.8. The van der Waals surface area contributed by atoms with Gasteiger partial charge in [-0.15, -0.1) is 0 Å². The van der Waals surface area contributed by atoms with Crippen molar-refractivity contribution in [1.29, 1.82) is 0 Å². The average molecular weight is 359 g/mol. The molecule has 1 atom stereocenters. The van der Waals surface area contributed by atoms with Crippen LogP contribution in [0.3, 0.4) is 0 Å². The first kappa shape index (κ1) is 20.5. The molecule has 1 fully saturated rings. The highest BCUT2D eigenvalue weighted by atomic mass is 16.5. The van der Waals surface area contributed by atoms with E-state index in [-0.39, 0.29) is 5.91 Å². The number of nitrogens with zero attached hydrogens (tertiary/aromatic N) is 2. The quantitative estimate of drug-likeness (QED) is 0.663. The van der Waals surface area contributed by atoms with Crippen molar-refractivity contribution in [2.45, 2.75) is 40.0 Å². The number of methoxy groups -OCH3 is 1. The lowest BCUT2D eigenvalue weighted by molar-refractivity contribution is -0.126. The van der Waals surface area contributed by atoms with E-state index < -0.39 is 0 Å². The third-order valence-electron chi connectivity index (χ3n) is 5.04. The maximum Gasteiger partial charge on any atom is 0.246 e. The first-order valence-electron chi connectivity index (χ1n) is 9.81. The summed E-state index contributed by atoms with van der Waals surface area (Å²) in [5, 5.41) is 0. The maximum atomic E-state index is 12.3. The van der Waals surface area contributed by atoms with Crippen molar-refractivity contribution in [2.75, 3.05) is 39.8 Å². The molecule has 1 aliphatic rings. The monoisotopic (exact) mass is 358 g/mol. The van der Waals surface area contributed by atoms with Crippen molar-refractivity contribution in [2.24, 2.45) is 5.92 Å². The number of allylic oxidation sites excluding steroid dienone is 1. The largest absolute Gasteiger partial charge is 0.497 e. The first-order chi connectivity index (χ1) is 12.5. The molecule has 0 bridgehead atoms. The maximum absolute atomic E-state index is 12.3. The van der Waals surface area contributed by atoms with Gasteiger partial charge in [0, 0.05) is 32.3 Å². The second-order valence-corrected chi connectivity index (χ2v) is 7.51. The number of benzene rings is 1. The molecule has 0 unspecified atom stereocenters. The highest BCUT2D eigenvalue weighted by Crippen LogP contribution is 2.19. The van der Waals surface area contributed by atoms with Crippen molar-refractivity contribution < 1.29 is 9.53 Å². The average Bonchev–Trinajstić information content (AvgIpc) is 2.64. The molecular formula is C22H34N2O2. The Morgan fingerprint density at radius 3 is 2.88 bits per heavy atom. The summed E-state index contributed by atoms with van der Waals surface area (Å²) in [5.41, 5.74) is 2.39. The fourth-order valence-electron chi connectivity index (χ4n) is 3.64. The molecule has 1 aromatic carbocycles. The molecule has 1 amide bonds. The smallest absolute Gasteiger partial charge is 0.246 e. The lowest BCUT2D eigenvalue weighted by Crippen LogP contribution is -2.43. The van der Waals surface area contributed by atoms with Gasteiger partial charge in [-0.25, -0.2) is 0 Å². The number of carbonyl (C=O) groups excluding carboxylic acids is 1. The number of piperidine rings is 1. The molecule has 144 valence electrons. The Kier molecular flexibility index (Phi) is 8.17. The number of carbonyl (C=O) groups is 1. The van der Waals surface area contributed by atoms with Gasteiger partial charge in [-0.2, -0.15) is 0 Å². The van der Waals surface area contributed by atoms with Crippen molar-refractivity contribution in [3.63, 3.8) is 0 Å². The summed E-state index contributed by atoms with van der Waals surface area (Å²) in [6, 6.07) is 8.34. The third-order valence-corrected chi connectivity index (χ3v) is 5.04. The molecule has 0 N–H and O–H groups in total. The van der Waals surface area contributed by atoms with Crippen LogP contribution in [0.4, 0.5) is 0 Å². The minimum atomic E-state index is 0.154. The molecule has 0 aliphatic carbocycles. The number of amides is 1. The van der Waals surface area contributed by atoms with E-state index in [4.69, 9.17) is 4.74 Å². The van der Waals surface area contributed by atoms with Crippen LogP contribution in [0.5, 0.6) is 5.75 Å². The molecule has 1 heterocycles. The van der Waals surface area contributed by atoms with Crippen LogP contribution in [0.1, 0.15) is 39.2 Å². The molecule has 2 rings (SSSR count). The molecule has 0 radical (unpaired) electrons. The molecular weight excluding hydrogens is 324 g/mol. The van der Waals surface area contributed by atoms with Gasteiger partial charge in [-0.1, -0.05) is 17.7 Å². The SMILES string of the molecule is CCN(C[C@@H]1CCCN(CCc2cccc(OC)c2)C1)C(=O)C=C(C)C. The summed E-state index contributed by atoms with van der Waals surface area (Å²) in [6.07, 6.45) is 5.23. The van der Waals surface area contributed by atoms with E-state index >= 15 is 0 Å². The lowest BCUT2D eigenvalue weighted by Gasteiger charge is -2.35. The van der Waals surface area contributed by atoms with Gasteiger partial charge in [0.05, 0.1) is 7.11 Å². The van der Waals surface area contributed by atoms with Gasteiger partial charge in [-0.05, 0) is 70.2 Å². The molecule has 1 saturated heterocycles. The van der Waals surface area contributed by atoms with E-state index in [1.165, 1.54) is 18.4 Å². The summed E-state index contributed by atoms with van der Waals surface area (Å²) in [6.45, 7) is 11.0. The molecule has 1 aromatic rings. The summed E-state index contributed by atoms with van der Waals surface area (Å²) in [7, 11) is 1.71. The summed E-state index contributed by atoms with van der Waals surface area (Å²) in [5.74, 6) is 1.65. The van der Waals surface area contributed by atoms with E-state index in [2.05, 4.69) is 30.0 Å². The van der Waals surface area contributed by atoms with Crippen molar-refractivity contribution in [3.05, 3.63) is 41.5 Å². The molecule has 4 nitrogen and oxygen atoms in total. The van der Waals surface area contributed by atoms with Crippen molar-refractivity contribution in [1.82, 2.24) is 9.80 Å². The number of hydrogen-bond acceptors (Lipinski definition) is 3. The van der Waals surface area contributed by atoms with Crippen LogP contribution in [-0.4, -0.2) is 55.5 Å². The van der Waals surface area contributed by atoms with Gasteiger partial charge in [0.25, 0.3) is 0 Å². The topological polar surface area (TPSA) is 32.8 Å². The van der Waals surface area contributed by atoms with E-state index in [0.717, 1.165) is 50.5 Å². The van der Waals surface area contributed by atoms with Gasteiger partial charge in [0.2, 0.25) is 5.91 Å². The number of hydrogen-bond donors (Lipinski definition) is 0. The molecule has 0 spiro atoms.